The summed E-state index contributed by atoms with van der Waals surface area (Å²) in [6.07, 6.45) is 1.34. The topological polar surface area (TPSA) is 136 Å². The normalized spacial score (nSPS) is 16.8. The standard InChI is InChI=1S/C12H9N7O2/c13-5-9-10(7-1-3-8(4-2-7)19(20)21)18-12(15-6-16-18)17-11(9)14/h1-4,6,10H,14H2,(H,15,16,17)/t10-/m0/s1. The van der Waals surface area contributed by atoms with Gasteiger partial charge in [-0.25, -0.2) is 4.68 Å². The van der Waals surface area contributed by atoms with Crippen LogP contribution in [0.2, 0.25) is 0 Å². The first-order chi connectivity index (χ1) is 10.1. The molecule has 2 heterocycles. The van der Waals surface area contributed by atoms with E-state index in [1.807, 2.05) is 6.07 Å². The monoisotopic (exact) mass is 283 g/mol. The SMILES string of the molecule is N#CC1=C(N)Nc2ncnn2[C@H]1c1ccc([N+](=O)[O-])cc1. The molecular formula is C12H9N7O2. The number of benzene rings is 1. The van der Waals surface area contributed by atoms with E-state index in [0.717, 1.165) is 0 Å². The van der Waals surface area contributed by atoms with Gasteiger partial charge in [-0.1, -0.05) is 0 Å². The Morgan fingerprint density at radius 2 is 2.14 bits per heavy atom. The van der Waals surface area contributed by atoms with Crippen LogP contribution < -0.4 is 11.1 Å². The smallest absolute Gasteiger partial charge is 0.269 e. The molecule has 3 rings (SSSR count). The van der Waals surface area contributed by atoms with E-state index in [1.165, 1.54) is 23.1 Å². The Bertz CT molecular complexity index is 785. The van der Waals surface area contributed by atoms with Crippen molar-refractivity contribution in [3.05, 3.63) is 57.7 Å². The van der Waals surface area contributed by atoms with Crippen LogP contribution in [0, 0.1) is 21.4 Å². The van der Waals surface area contributed by atoms with E-state index in [9.17, 15) is 15.4 Å². The van der Waals surface area contributed by atoms with Crippen molar-refractivity contribution >= 4 is 11.6 Å². The molecule has 1 aromatic carbocycles. The zero-order valence-corrected chi connectivity index (χ0v) is 10.6. The van der Waals surface area contributed by atoms with Crippen LogP contribution in [-0.4, -0.2) is 19.7 Å². The van der Waals surface area contributed by atoms with Crippen LogP contribution >= 0.6 is 0 Å². The first-order valence-electron chi connectivity index (χ1n) is 5.92. The summed E-state index contributed by atoms with van der Waals surface area (Å²) in [6, 6.07) is 7.37. The van der Waals surface area contributed by atoms with Crippen LogP contribution in [0.15, 0.2) is 42.0 Å². The van der Waals surface area contributed by atoms with Crippen LogP contribution in [0.25, 0.3) is 0 Å². The van der Waals surface area contributed by atoms with E-state index in [4.69, 9.17) is 5.73 Å². The highest BCUT2D eigenvalue weighted by atomic mass is 16.6. The number of non-ortho nitro benzene ring substituents is 1. The van der Waals surface area contributed by atoms with Gasteiger partial charge in [0.25, 0.3) is 5.69 Å². The molecule has 0 spiro atoms. The van der Waals surface area contributed by atoms with E-state index in [1.54, 1.807) is 12.1 Å². The molecule has 3 N–H and O–H groups in total. The fourth-order valence-corrected chi connectivity index (χ4v) is 2.19. The van der Waals surface area contributed by atoms with Crippen molar-refractivity contribution in [2.24, 2.45) is 5.73 Å². The molecule has 1 aromatic heterocycles. The highest BCUT2D eigenvalue weighted by molar-refractivity contribution is 5.51. The van der Waals surface area contributed by atoms with Crippen LogP contribution in [0.1, 0.15) is 11.6 Å². The summed E-state index contributed by atoms with van der Waals surface area (Å²) >= 11 is 0. The Kier molecular flexibility index (Phi) is 2.77. The summed E-state index contributed by atoms with van der Waals surface area (Å²) in [7, 11) is 0. The molecule has 0 amide bonds. The van der Waals surface area contributed by atoms with Crippen molar-refractivity contribution < 1.29 is 4.92 Å². The molecule has 104 valence electrons. The Labute approximate surface area is 118 Å². The molecule has 0 bridgehead atoms. The van der Waals surface area contributed by atoms with Crippen molar-refractivity contribution in [1.29, 1.82) is 5.26 Å². The van der Waals surface area contributed by atoms with Crippen molar-refractivity contribution in [1.82, 2.24) is 14.8 Å². The highest BCUT2D eigenvalue weighted by Crippen LogP contribution is 2.33. The van der Waals surface area contributed by atoms with E-state index >= 15 is 0 Å². The molecule has 0 radical (unpaired) electrons. The van der Waals surface area contributed by atoms with Gasteiger partial charge in [0.2, 0.25) is 5.95 Å². The molecule has 0 saturated carbocycles. The fraction of sp³-hybridized carbons (Fsp3) is 0.0833. The van der Waals surface area contributed by atoms with Crippen molar-refractivity contribution in [2.45, 2.75) is 6.04 Å². The number of hydrogen-bond donors (Lipinski definition) is 2. The number of nitrogens with two attached hydrogens (primary N) is 1. The van der Waals surface area contributed by atoms with Gasteiger partial charge in [-0.3, -0.25) is 10.1 Å². The van der Waals surface area contributed by atoms with Crippen LogP contribution in [0.3, 0.4) is 0 Å². The van der Waals surface area contributed by atoms with Crippen LogP contribution in [0.4, 0.5) is 11.6 Å². The van der Waals surface area contributed by atoms with Gasteiger partial charge in [0.1, 0.15) is 24.3 Å². The largest absolute Gasteiger partial charge is 0.384 e. The Morgan fingerprint density at radius 1 is 1.43 bits per heavy atom. The van der Waals surface area contributed by atoms with Gasteiger partial charge >= 0.3 is 0 Å². The third-order valence-corrected chi connectivity index (χ3v) is 3.17. The number of rotatable bonds is 2. The Balaban J connectivity index is 2.12. The summed E-state index contributed by atoms with van der Waals surface area (Å²) in [6.45, 7) is 0. The van der Waals surface area contributed by atoms with E-state index < -0.39 is 11.0 Å². The number of nitro benzene ring substituents is 1. The number of nitrogens with one attached hydrogen (secondary N) is 1. The summed E-state index contributed by atoms with van der Waals surface area (Å²) in [5.41, 5.74) is 6.74. The molecule has 0 saturated heterocycles. The van der Waals surface area contributed by atoms with Gasteiger partial charge in [-0.05, 0) is 17.7 Å². The summed E-state index contributed by atoms with van der Waals surface area (Å²) in [4.78, 5) is 14.2. The van der Waals surface area contributed by atoms with Crippen LogP contribution in [0.5, 0.6) is 0 Å². The lowest BCUT2D eigenvalue weighted by molar-refractivity contribution is -0.384. The molecule has 1 aliphatic heterocycles. The third kappa shape index (κ3) is 1.95. The Morgan fingerprint density at radius 3 is 2.76 bits per heavy atom. The molecule has 2 aromatic rings. The number of nitrogens with zero attached hydrogens (tertiary/aromatic N) is 5. The molecule has 0 fully saturated rings. The predicted octanol–water partition coefficient (Wildman–Crippen LogP) is 0.895. The molecule has 0 unspecified atom stereocenters. The predicted molar refractivity (Wildman–Crippen MR) is 71.7 cm³/mol. The number of nitro groups is 1. The summed E-state index contributed by atoms with van der Waals surface area (Å²) in [5, 5.41) is 26.9. The second kappa shape index (κ2) is 4.61. The molecule has 9 heteroatoms. The van der Waals surface area contributed by atoms with Gasteiger partial charge in [0.05, 0.1) is 10.5 Å². The number of aromatic nitrogens is 3. The zero-order valence-electron chi connectivity index (χ0n) is 10.6. The molecule has 9 nitrogen and oxygen atoms in total. The average molecular weight is 283 g/mol. The summed E-state index contributed by atoms with van der Waals surface area (Å²) < 4.78 is 1.51. The number of hydrogen-bond acceptors (Lipinski definition) is 7. The molecule has 1 atom stereocenters. The van der Waals surface area contributed by atoms with E-state index in [-0.39, 0.29) is 17.1 Å². The first kappa shape index (κ1) is 12.6. The first-order valence-corrected chi connectivity index (χ1v) is 5.92. The van der Waals surface area contributed by atoms with E-state index in [0.29, 0.717) is 11.5 Å². The maximum absolute atomic E-state index is 10.7. The van der Waals surface area contributed by atoms with Crippen LogP contribution in [-0.2, 0) is 0 Å². The molecule has 1 aliphatic rings. The van der Waals surface area contributed by atoms with Gasteiger partial charge in [0.15, 0.2) is 0 Å². The zero-order chi connectivity index (χ0) is 15.0. The van der Waals surface area contributed by atoms with Gasteiger partial charge in [0, 0.05) is 12.1 Å². The third-order valence-electron chi connectivity index (χ3n) is 3.17. The quantitative estimate of drug-likeness (QED) is 0.617. The summed E-state index contributed by atoms with van der Waals surface area (Å²) in [5.74, 6) is 0.608. The highest BCUT2D eigenvalue weighted by Gasteiger charge is 2.30. The second-order valence-electron chi connectivity index (χ2n) is 4.34. The maximum atomic E-state index is 10.7. The second-order valence-corrected chi connectivity index (χ2v) is 4.34. The number of fused-ring (bicyclic) bond motifs is 1. The van der Waals surface area contributed by atoms with Crippen molar-refractivity contribution in [3.63, 3.8) is 0 Å². The van der Waals surface area contributed by atoms with Crippen molar-refractivity contribution in [2.75, 3.05) is 5.32 Å². The fourth-order valence-electron chi connectivity index (χ4n) is 2.19. The van der Waals surface area contributed by atoms with Gasteiger partial charge in [-0.15, -0.1) is 0 Å². The average Bonchev–Trinajstić information content (AvgIpc) is 2.93. The lowest BCUT2D eigenvalue weighted by Crippen LogP contribution is -2.28. The number of anilines is 1. The maximum Gasteiger partial charge on any atom is 0.269 e. The Hall–Kier alpha value is -3.41. The van der Waals surface area contributed by atoms with E-state index in [2.05, 4.69) is 15.4 Å². The van der Waals surface area contributed by atoms with Gasteiger partial charge in [-0.2, -0.15) is 15.3 Å². The number of nitriles is 1. The minimum atomic E-state index is -0.561. The lowest BCUT2D eigenvalue weighted by Gasteiger charge is -2.25. The van der Waals surface area contributed by atoms with Crippen molar-refractivity contribution in [3.8, 4) is 6.07 Å². The molecule has 0 aliphatic carbocycles. The van der Waals surface area contributed by atoms with Gasteiger partial charge < -0.3 is 11.1 Å². The minimum Gasteiger partial charge on any atom is -0.384 e. The molecule has 21 heavy (non-hydrogen) atoms. The minimum absolute atomic E-state index is 0.0260. The number of allylic oxidation sites excluding steroid dienone is 1. The lowest BCUT2D eigenvalue weighted by atomic mass is 9.98. The molecular weight excluding hydrogens is 274 g/mol.